The molecule has 0 bridgehead atoms. The minimum absolute atomic E-state index is 0.0858. The third-order valence-electron chi connectivity index (χ3n) is 3.69. The maximum atomic E-state index is 12.5. The molecule has 1 aromatic rings. The Labute approximate surface area is 122 Å². The van der Waals surface area contributed by atoms with Crippen molar-refractivity contribution in [2.75, 3.05) is 32.0 Å². The van der Waals surface area contributed by atoms with Gasteiger partial charge in [0.25, 0.3) is 5.91 Å². The fourth-order valence-corrected chi connectivity index (χ4v) is 3.06. The number of rotatable bonds is 1. The quantitative estimate of drug-likeness (QED) is 0.804. The van der Waals surface area contributed by atoms with Crippen molar-refractivity contribution in [3.05, 3.63) is 28.8 Å². The van der Waals surface area contributed by atoms with Crippen LogP contribution in [0.25, 0.3) is 0 Å². The number of anilines is 1. The van der Waals surface area contributed by atoms with Crippen molar-refractivity contribution in [2.45, 2.75) is 18.6 Å². The van der Waals surface area contributed by atoms with Crippen LogP contribution < -0.4 is 5.73 Å². The molecule has 20 heavy (non-hydrogen) atoms. The predicted molar refractivity (Wildman–Crippen MR) is 75.6 cm³/mol. The number of nitrogens with zero attached hydrogens (tertiary/aromatic N) is 1. The molecule has 0 unspecified atom stereocenters. The molecular formula is C14H17ClN2O3. The topological polar surface area (TPSA) is 64.8 Å². The molecule has 0 saturated carbocycles. The highest BCUT2D eigenvalue weighted by Gasteiger charge is 2.42. The summed E-state index contributed by atoms with van der Waals surface area (Å²) in [5, 5.41) is 0.466. The number of hydrogen-bond donors (Lipinski definition) is 1. The van der Waals surface area contributed by atoms with Gasteiger partial charge in [0, 0.05) is 29.2 Å². The number of amides is 1. The first kappa shape index (κ1) is 13.7. The molecule has 2 aliphatic rings. The van der Waals surface area contributed by atoms with E-state index >= 15 is 0 Å². The molecule has 2 saturated heterocycles. The van der Waals surface area contributed by atoms with Crippen LogP contribution in [0.4, 0.5) is 5.69 Å². The van der Waals surface area contributed by atoms with E-state index in [1.54, 1.807) is 23.1 Å². The van der Waals surface area contributed by atoms with Crippen LogP contribution in [-0.2, 0) is 9.47 Å². The zero-order chi connectivity index (χ0) is 14.2. The molecule has 2 aliphatic heterocycles. The standard InChI is InChI=1S/C14H17ClN2O3/c15-11-6-10(7-12(16)8-11)13(18)17-3-1-2-14(9-17)19-4-5-20-14/h6-8H,1-5,9,16H2. The van der Waals surface area contributed by atoms with E-state index in [0.29, 0.717) is 42.6 Å². The fourth-order valence-electron chi connectivity index (χ4n) is 2.81. The molecule has 108 valence electrons. The average molecular weight is 297 g/mol. The molecule has 1 spiro atoms. The summed E-state index contributed by atoms with van der Waals surface area (Å²) in [6.07, 6.45) is 1.69. The third-order valence-corrected chi connectivity index (χ3v) is 3.90. The minimum atomic E-state index is -0.613. The maximum absolute atomic E-state index is 12.5. The van der Waals surface area contributed by atoms with Gasteiger partial charge in [-0.25, -0.2) is 0 Å². The Hall–Kier alpha value is -1.30. The van der Waals surface area contributed by atoms with E-state index in [9.17, 15) is 4.79 Å². The second kappa shape index (κ2) is 5.24. The largest absolute Gasteiger partial charge is 0.399 e. The molecule has 0 aliphatic carbocycles. The molecule has 3 rings (SSSR count). The Morgan fingerprint density at radius 1 is 1.30 bits per heavy atom. The lowest BCUT2D eigenvalue weighted by atomic mass is 10.0. The molecule has 6 heteroatoms. The average Bonchev–Trinajstić information content (AvgIpc) is 2.85. The van der Waals surface area contributed by atoms with Gasteiger partial charge in [-0.05, 0) is 24.6 Å². The highest BCUT2D eigenvalue weighted by atomic mass is 35.5. The summed E-state index contributed by atoms with van der Waals surface area (Å²) in [4.78, 5) is 14.3. The van der Waals surface area contributed by atoms with Crippen LogP contribution >= 0.6 is 11.6 Å². The smallest absolute Gasteiger partial charge is 0.254 e. The molecule has 0 atom stereocenters. The minimum Gasteiger partial charge on any atom is -0.399 e. The fraction of sp³-hybridized carbons (Fsp3) is 0.500. The van der Waals surface area contributed by atoms with Crippen LogP contribution in [-0.4, -0.2) is 42.9 Å². The maximum Gasteiger partial charge on any atom is 0.254 e. The summed E-state index contributed by atoms with van der Waals surface area (Å²) < 4.78 is 11.4. The zero-order valence-electron chi connectivity index (χ0n) is 11.1. The molecule has 0 aromatic heterocycles. The first-order valence-electron chi connectivity index (χ1n) is 6.71. The number of likely N-dealkylation sites (tertiary alicyclic amines) is 1. The molecule has 1 amide bonds. The van der Waals surface area contributed by atoms with Gasteiger partial charge in [-0.15, -0.1) is 0 Å². The summed E-state index contributed by atoms with van der Waals surface area (Å²) >= 11 is 5.95. The van der Waals surface area contributed by atoms with Crippen LogP contribution in [0.1, 0.15) is 23.2 Å². The number of carbonyl (C=O) groups excluding carboxylic acids is 1. The highest BCUT2D eigenvalue weighted by Crippen LogP contribution is 2.31. The van der Waals surface area contributed by atoms with Crippen molar-refractivity contribution in [3.8, 4) is 0 Å². The molecule has 0 radical (unpaired) electrons. The number of nitrogen functional groups attached to an aromatic ring is 1. The van der Waals surface area contributed by atoms with E-state index < -0.39 is 5.79 Å². The highest BCUT2D eigenvalue weighted by molar-refractivity contribution is 6.31. The number of ether oxygens (including phenoxy) is 2. The van der Waals surface area contributed by atoms with Gasteiger partial charge in [0.1, 0.15) is 0 Å². The molecule has 2 N–H and O–H groups in total. The normalized spacial score (nSPS) is 21.4. The molecule has 1 aromatic carbocycles. The van der Waals surface area contributed by atoms with Gasteiger partial charge in [-0.3, -0.25) is 4.79 Å². The zero-order valence-corrected chi connectivity index (χ0v) is 11.9. The summed E-state index contributed by atoms with van der Waals surface area (Å²) in [7, 11) is 0. The summed E-state index contributed by atoms with van der Waals surface area (Å²) in [6, 6.07) is 4.91. The van der Waals surface area contributed by atoms with Gasteiger partial charge >= 0.3 is 0 Å². The predicted octanol–water partition coefficient (Wildman–Crippen LogP) is 1.90. The van der Waals surface area contributed by atoms with Crippen molar-refractivity contribution < 1.29 is 14.3 Å². The Morgan fingerprint density at radius 3 is 2.75 bits per heavy atom. The first-order chi connectivity index (χ1) is 9.58. The SMILES string of the molecule is Nc1cc(Cl)cc(C(=O)N2CCCC3(C2)OCCO3)c1. The van der Waals surface area contributed by atoms with E-state index in [4.69, 9.17) is 26.8 Å². The van der Waals surface area contributed by atoms with Crippen molar-refractivity contribution in [2.24, 2.45) is 0 Å². The first-order valence-corrected chi connectivity index (χ1v) is 7.09. The van der Waals surface area contributed by atoms with Gasteiger partial charge in [0.2, 0.25) is 0 Å². The second-order valence-electron chi connectivity index (χ2n) is 5.21. The van der Waals surface area contributed by atoms with E-state index in [1.807, 2.05) is 0 Å². The molecule has 2 heterocycles. The Kier molecular flexibility index (Phi) is 3.58. The van der Waals surface area contributed by atoms with Gasteiger partial charge in [0.15, 0.2) is 5.79 Å². The lowest BCUT2D eigenvalue weighted by Crippen LogP contribution is -2.51. The van der Waals surface area contributed by atoms with Crippen LogP contribution in [0.15, 0.2) is 18.2 Å². The molecular weight excluding hydrogens is 280 g/mol. The summed E-state index contributed by atoms with van der Waals surface area (Å²) in [5.41, 5.74) is 6.73. The lowest BCUT2D eigenvalue weighted by molar-refractivity contribution is -0.183. The van der Waals surface area contributed by atoms with Gasteiger partial charge in [-0.2, -0.15) is 0 Å². The number of nitrogens with two attached hydrogens (primary N) is 1. The van der Waals surface area contributed by atoms with Crippen molar-refractivity contribution in [1.29, 1.82) is 0 Å². The number of benzene rings is 1. The van der Waals surface area contributed by atoms with Crippen molar-refractivity contribution in [3.63, 3.8) is 0 Å². The van der Waals surface area contributed by atoms with E-state index in [1.165, 1.54) is 0 Å². The van der Waals surface area contributed by atoms with Crippen molar-refractivity contribution >= 4 is 23.2 Å². The third kappa shape index (κ3) is 2.61. The van der Waals surface area contributed by atoms with Gasteiger partial charge < -0.3 is 20.1 Å². The van der Waals surface area contributed by atoms with E-state index in [-0.39, 0.29) is 5.91 Å². The Balaban J connectivity index is 1.79. The number of carbonyl (C=O) groups is 1. The van der Waals surface area contributed by atoms with Crippen LogP contribution in [0.2, 0.25) is 5.02 Å². The number of halogens is 1. The van der Waals surface area contributed by atoms with Gasteiger partial charge in [0.05, 0.1) is 19.8 Å². The van der Waals surface area contributed by atoms with E-state index in [2.05, 4.69) is 0 Å². The summed E-state index contributed by atoms with van der Waals surface area (Å²) in [6.45, 7) is 2.33. The van der Waals surface area contributed by atoms with Gasteiger partial charge in [-0.1, -0.05) is 11.6 Å². The second-order valence-corrected chi connectivity index (χ2v) is 5.65. The lowest BCUT2D eigenvalue weighted by Gasteiger charge is -2.38. The van der Waals surface area contributed by atoms with Crippen LogP contribution in [0.5, 0.6) is 0 Å². The molecule has 5 nitrogen and oxygen atoms in total. The number of piperidine rings is 1. The monoisotopic (exact) mass is 296 g/mol. The Bertz CT molecular complexity index is 509. The van der Waals surface area contributed by atoms with E-state index in [0.717, 1.165) is 12.8 Å². The Morgan fingerprint density at radius 2 is 2.05 bits per heavy atom. The van der Waals surface area contributed by atoms with Crippen molar-refractivity contribution in [1.82, 2.24) is 4.90 Å². The van der Waals surface area contributed by atoms with Crippen LogP contribution in [0.3, 0.4) is 0 Å². The van der Waals surface area contributed by atoms with Crippen LogP contribution in [0, 0.1) is 0 Å². The summed E-state index contributed by atoms with van der Waals surface area (Å²) in [5.74, 6) is -0.699. The molecule has 2 fully saturated rings. The number of hydrogen-bond acceptors (Lipinski definition) is 4.